The molecule has 0 aromatic heterocycles. The molecule has 0 bridgehead atoms. The van der Waals surface area contributed by atoms with Gasteiger partial charge in [-0.3, -0.25) is 4.79 Å². The minimum absolute atomic E-state index is 0.0339. The molecule has 4 N–H and O–H groups in total. The summed E-state index contributed by atoms with van der Waals surface area (Å²) < 4.78 is 0. The van der Waals surface area contributed by atoms with Gasteiger partial charge in [0.2, 0.25) is 5.91 Å². The highest BCUT2D eigenvalue weighted by atomic mass is 35.5. The first kappa shape index (κ1) is 13.8. The van der Waals surface area contributed by atoms with Crippen LogP contribution in [0.5, 0.6) is 0 Å². The smallest absolute Gasteiger partial charge is 0.224 e. The summed E-state index contributed by atoms with van der Waals surface area (Å²) in [4.78, 5) is 11.5. The molecule has 0 fully saturated rings. The molecule has 108 valence electrons. The fraction of sp³-hybridized carbons (Fsp3) is 0.188. The van der Waals surface area contributed by atoms with Crippen LogP contribution in [0.25, 0.3) is 0 Å². The summed E-state index contributed by atoms with van der Waals surface area (Å²) in [7, 11) is 0. The minimum Gasteiger partial charge on any atom is -0.397 e. The van der Waals surface area contributed by atoms with Crippen LogP contribution in [0, 0.1) is 6.92 Å². The predicted octanol–water partition coefficient (Wildman–Crippen LogP) is 3.86. The summed E-state index contributed by atoms with van der Waals surface area (Å²) in [5, 5.41) is 6.73. The lowest BCUT2D eigenvalue weighted by Crippen LogP contribution is -2.19. The number of hydrogen-bond donors (Lipinski definition) is 3. The number of amides is 1. The van der Waals surface area contributed by atoms with E-state index in [2.05, 4.69) is 10.6 Å². The van der Waals surface area contributed by atoms with Crippen molar-refractivity contribution in [1.29, 1.82) is 0 Å². The maximum atomic E-state index is 11.5. The lowest BCUT2D eigenvalue weighted by molar-refractivity contribution is -0.116. The molecule has 2 aromatic rings. The third-order valence-corrected chi connectivity index (χ3v) is 3.88. The van der Waals surface area contributed by atoms with Crippen molar-refractivity contribution in [3.05, 3.63) is 46.5 Å². The number of carbonyl (C=O) groups excluding carboxylic acids is 1. The molecule has 1 heterocycles. The molecule has 3 rings (SSSR count). The van der Waals surface area contributed by atoms with Crippen molar-refractivity contribution in [3.8, 4) is 0 Å². The molecule has 0 saturated carbocycles. The summed E-state index contributed by atoms with van der Waals surface area (Å²) in [6.07, 6.45) is 1.22. The summed E-state index contributed by atoms with van der Waals surface area (Å²) in [5.41, 5.74) is 11.2. The molecule has 0 unspecified atom stereocenters. The Morgan fingerprint density at radius 3 is 2.76 bits per heavy atom. The number of halogens is 1. The van der Waals surface area contributed by atoms with Crippen LogP contribution in [-0.4, -0.2) is 5.91 Å². The second-order valence-electron chi connectivity index (χ2n) is 5.25. The first-order valence-electron chi connectivity index (χ1n) is 6.78. The summed E-state index contributed by atoms with van der Waals surface area (Å²) >= 11 is 6.23. The van der Waals surface area contributed by atoms with E-state index in [4.69, 9.17) is 17.3 Å². The van der Waals surface area contributed by atoms with E-state index in [1.165, 1.54) is 0 Å². The molecule has 0 saturated heterocycles. The van der Waals surface area contributed by atoms with Gasteiger partial charge >= 0.3 is 0 Å². The average Bonchev–Trinajstić information content (AvgIpc) is 2.43. The van der Waals surface area contributed by atoms with E-state index in [0.717, 1.165) is 34.6 Å². The topological polar surface area (TPSA) is 67.1 Å². The standard InChI is InChI=1S/C16H16ClN3O/c1-9-2-4-13(11(17)6-9)19-15-8-14-10(7-12(15)18)3-5-16(21)20-14/h2,4,6-8,19H,3,5,18H2,1H3,(H,20,21). The van der Waals surface area contributed by atoms with Crippen LogP contribution in [0.15, 0.2) is 30.3 Å². The Morgan fingerprint density at radius 1 is 1.19 bits per heavy atom. The van der Waals surface area contributed by atoms with Gasteiger partial charge < -0.3 is 16.4 Å². The molecule has 0 radical (unpaired) electrons. The Morgan fingerprint density at radius 2 is 2.00 bits per heavy atom. The Labute approximate surface area is 128 Å². The van der Waals surface area contributed by atoms with Crippen LogP contribution in [0.1, 0.15) is 17.5 Å². The van der Waals surface area contributed by atoms with E-state index in [1.54, 1.807) is 0 Å². The number of aryl methyl sites for hydroxylation is 2. The van der Waals surface area contributed by atoms with Gasteiger partial charge in [0, 0.05) is 12.1 Å². The third-order valence-electron chi connectivity index (χ3n) is 3.56. The van der Waals surface area contributed by atoms with Gasteiger partial charge in [0.25, 0.3) is 0 Å². The molecule has 1 amide bonds. The van der Waals surface area contributed by atoms with Crippen LogP contribution < -0.4 is 16.4 Å². The van der Waals surface area contributed by atoms with Crippen LogP contribution in [-0.2, 0) is 11.2 Å². The van der Waals surface area contributed by atoms with E-state index in [9.17, 15) is 4.79 Å². The Balaban J connectivity index is 1.95. The van der Waals surface area contributed by atoms with Crippen molar-refractivity contribution in [1.82, 2.24) is 0 Å². The molecule has 2 aromatic carbocycles. The number of carbonyl (C=O) groups is 1. The number of nitrogens with two attached hydrogens (primary N) is 1. The van der Waals surface area contributed by atoms with Gasteiger partial charge in [-0.2, -0.15) is 0 Å². The van der Waals surface area contributed by atoms with E-state index in [1.807, 2.05) is 37.3 Å². The zero-order valence-corrected chi connectivity index (χ0v) is 12.4. The SMILES string of the molecule is Cc1ccc(Nc2cc3c(cc2N)CCC(=O)N3)c(Cl)c1. The Bertz CT molecular complexity index is 728. The van der Waals surface area contributed by atoms with Crippen molar-refractivity contribution >= 4 is 40.3 Å². The summed E-state index contributed by atoms with van der Waals surface area (Å²) in [5.74, 6) is 0.0339. The van der Waals surface area contributed by atoms with Gasteiger partial charge in [-0.25, -0.2) is 0 Å². The normalized spacial score (nSPS) is 13.5. The Hall–Kier alpha value is -2.20. The quantitative estimate of drug-likeness (QED) is 0.738. The predicted molar refractivity (Wildman–Crippen MR) is 87.3 cm³/mol. The number of hydrogen-bond acceptors (Lipinski definition) is 3. The average molecular weight is 302 g/mol. The highest BCUT2D eigenvalue weighted by molar-refractivity contribution is 6.33. The second-order valence-corrected chi connectivity index (χ2v) is 5.66. The van der Waals surface area contributed by atoms with Crippen LogP contribution in [0.3, 0.4) is 0 Å². The number of rotatable bonds is 2. The van der Waals surface area contributed by atoms with Crippen molar-refractivity contribution in [2.75, 3.05) is 16.4 Å². The zero-order chi connectivity index (χ0) is 15.0. The highest BCUT2D eigenvalue weighted by Gasteiger charge is 2.17. The molecule has 1 aliphatic heterocycles. The number of nitrogens with one attached hydrogen (secondary N) is 2. The lowest BCUT2D eigenvalue weighted by atomic mass is 10.0. The highest BCUT2D eigenvalue weighted by Crippen LogP contribution is 2.34. The number of fused-ring (bicyclic) bond motifs is 1. The number of benzene rings is 2. The molecule has 5 heteroatoms. The number of nitrogen functional groups attached to an aromatic ring is 1. The van der Waals surface area contributed by atoms with E-state index in [-0.39, 0.29) is 5.91 Å². The fourth-order valence-corrected chi connectivity index (χ4v) is 2.70. The number of anilines is 4. The molecule has 0 atom stereocenters. The van der Waals surface area contributed by atoms with Crippen LogP contribution in [0.2, 0.25) is 5.02 Å². The molecule has 0 aliphatic carbocycles. The Kier molecular flexibility index (Phi) is 3.47. The van der Waals surface area contributed by atoms with Gasteiger partial charge in [-0.05, 0) is 48.7 Å². The first-order chi connectivity index (χ1) is 10.0. The van der Waals surface area contributed by atoms with E-state index >= 15 is 0 Å². The summed E-state index contributed by atoms with van der Waals surface area (Å²) in [6.45, 7) is 1.98. The first-order valence-corrected chi connectivity index (χ1v) is 7.16. The van der Waals surface area contributed by atoms with Gasteiger partial charge in [-0.1, -0.05) is 17.7 Å². The molecular weight excluding hydrogens is 286 g/mol. The largest absolute Gasteiger partial charge is 0.397 e. The maximum absolute atomic E-state index is 11.5. The molecular formula is C16H16ClN3O. The molecule has 21 heavy (non-hydrogen) atoms. The van der Waals surface area contributed by atoms with E-state index in [0.29, 0.717) is 17.1 Å². The van der Waals surface area contributed by atoms with Gasteiger partial charge in [-0.15, -0.1) is 0 Å². The fourth-order valence-electron chi connectivity index (χ4n) is 2.42. The monoisotopic (exact) mass is 301 g/mol. The zero-order valence-electron chi connectivity index (χ0n) is 11.7. The van der Waals surface area contributed by atoms with Crippen molar-refractivity contribution in [2.24, 2.45) is 0 Å². The van der Waals surface area contributed by atoms with Gasteiger partial charge in [0.15, 0.2) is 0 Å². The maximum Gasteiger partial charge on any atom is 0.224 e. The van der Waals surface area contributed by atoms with Crippen LogP contribution in [0.4, 0.5) is 22.7 Å². The second kappa shape index (κ2) is 5.30. The van der Waals surface area contributed by atoms with E-state index < -0.39 is 0 Å². The van der Waals surface area contributed by atoms with Crippen LogP contribution >= 0.6 is 11.6 Å². The summed E-state index contributed by atoms with van der Waals surface area (Å²) in [6, 6.07) is 9.54. The molecule has 4 nitrogen and oxygen atoms in total. The molecule has 0 spiro atoms. The third kappa shape index (κ3) is 2.81. The lowest BCUT2D eigenvalue weighted by Gasteiger charge is -2.20. The van der Waals surface area contributed by atoms with Crippen molar-refractivity contribution < 1.29 is 4.79 Å². The minimum atomic E-state index is 0.0339. The van der Waals surface area contributed by atoms with Crippen molar-refractivity contribution in [2.45, 2.75) is 19.8 Å². The van der Waals surface area contributed by atoms with Gasteiger partial charge in [0.05, 0.1) is 22.1 Å². The van der Waals surface area contributed by atoms with Crippen molar-refractivity contribution in [3.63, 3.8) is 0 Å². The molecule has 1 aliphatic rings. The van der Waals surface area contributed by atoms with Gasteiger partial charge in [0.1, 0.15) is 0 Å².